The monoisotopic (exact) mass is 231 g/mol. The lowest BCUT2D eigenvalue weighted by atomic mass is 10.1. The van der Waals surface area contributed by atoms with E-state index in [2.05, 4.69) is 16.9 Å². The van der Waals surface area contributed by atoms with Crippen LogP contribution in [0.2, 0.25) is 0 Å². The summed E-state index contributed by atoms with van der Waals surface area (Å²) in [5.74, 6) is 0.233. The summed E-state index contributed by atoms with van der Waals surface area (Å²) in [6.45, 7) is 0.803. The number of likely N-dealkylation sites (N-methyl/N-ethyl adjacent to an activating group) is 1. The maximum absolute atomic E-state index is 12.2. The molecule has 2 bridgehead atoms. The van der Waals surface area contributed by atoms with Gasteiger partial charge in [-0.2, -0.15) is 0 Å². The predicted molar refractivity (Wildman–Crippen MR) is 65.8 cm³/mol. The fourth-order valence-corrected chi connectivity index (χ4v) is 2.94. The van der Waals surface area contributed by atoms with Crippen molar-refractivity contribution in [3.8, 4) is 0 Å². The molecule has 1 aromatic rings. The van der Waals surface area contributed by atoms with Gasteiger partial charge in [-0.25, -0.2) is 0 Å². The lowest BCUT2D eigenvalue weighted by molar-refractivity contribution is -0.119. The standard InChI is InChI=1S/C13H17N3O/c1-15-10-4-5-12(15)9-16(13(17)7-10)11-3-2-6-14-8-11/h2-3,6,8,10,12H,4-5,7,9H2,1H3/t10-,12+/m0/s1. The van der Waals surface area contributed by atoms with E-state index in [-0.39, 0.29) is 5.91 Å². The van der Waals surface area contributed by atoms with Gasteiger partial charge in [0.1, 0.15) is 0 Å². The van der Waals surface area contributed by atoms with Gasteiger partial charge in [-0.15, -0.1) is 0 Å². The Morgan fingerprint density at radius 2 is 2.18 bits per heavy atom. The van der Waals surface area contributed by atoms with Crippen molar-refractivity contribution in [2.75, 3.05) is 18.5 Å². The number of rotatable bonds is 1. The molecule has 3 rings (SSSR count). The molecule has 2 aliphatic rings. The van der Waals surface area contributed by atoms with E-state index in [4.69, 9.17) is 0 Å². The molecule has 17 heavy (non-hydrogen) atoms. The summed E-state index contributed by atoms with van der Waals surface area (Å²) < 4.78 is 0. The molecule has 0 saturated carbocycles. The van der Waals surface area contributed by atoms with E-state index in [9.17, 15) is 4.79 Å². The number of aromatic nitrogens is 1. The molecule has 0 radical (unpaired) electrons. The summed E-state index contributed by atoms with van der Waals surface area (Å²) in [5.41, 5.74) is 0.929. The molecule has 3 heterocycles. The van der Waals surface area contributed by atoms with E-state index in [1.54, 1.807) is 12.4 Å². The fourth-order valence-electron chi connectivity index (χ4n) is 2.94. The molecule has 4 nitrogen and oxygen atoms in total. The van der Waals surface area contributed by atoms with E-state index in [1.807, 2.05) is 17.0 Å². The minimum absolute atomic E-state index is 0.233. The first-order valence-electron chi connectivity index (χ1n) is 6.18. The summed E-state index contributed by atoms with van der Waals surface area (Å²) in [4.78, 5) is 20.6. The van der Waals surface area contributed by atoms with Gasteiger partial charge in [-0.3, -0.25) is 14.7 Å². The van der Waals surface area contributed by atoms with Crippen molar-refractivity contribution in [3.63, 3.8) is 0 Å². The Balaban J connectivity index is 1.89. The largest absolute Gasteiger partial charge is 0.309 e. The Kier molecular flexibility index (Phi) is 2.59. The number of amides is 1. The van der Waals surface area contributed by atoms with Gasteiger partial charge in [0, 0.05) is 31.2 Å². The molecular weight excluding hydrogens is 214 g/mol. The fraction of sp³-hybridized carbons (Fsp3) is 0.538. The lowest BCUT2D eigenvalue weighted by Crippen LogP contribution is -2.38. The quantitative estimate of drug-likeness (QED) is 0.730. The maximum atomic E-state index is 12.2. The molecule has 0 unspecified atom stereocenters. The molecule has 90 valence electrons. The van der Waals surface area contributed by atoms with Crippen molar-refractivity contribution in [1.82, 2.24) is 9.88 Å². The van der Waals surface area contributed by atoms with Gasteiger partial charge in [-0.05, 0) is 32.0 Å². The molecule has 2 aliphatic heterocycles. The maximum Gasteiger partial charge on any atom is 0.228 e. The van der Waals surface area contributed by atoms with E-state index in [0.29, 0.717) is 18.5 Å². The van der Waals surface area contributed by atoms with Crippen LogP contribution in [0, 0.1) is 0 Å². The molecular formula is C13H17N3O. The van der Waals surface area contributed by atoms with E-state index in [0.717, 1.165) is 18.7 Å². The highest BCUT2D eigenvalue weighted by Gasteiger charge is 2.38. The van der Waals surface area contributed by atoms with Gasteiger partial charge in [0.2, 0.25) is 5.91 Å². The Hall–Kier alpha value is -1.42. The summed E-state index contributed by atoms with van der Waals surface area (Å²) in [6, 6.07) is 4.79. The Morgan fingerprint density at radius 1 is 1.35 bits per heavy atom. The van der Waals surface area contributed by atoms with Crippen molar-refractivity contribution in [2.24, 2.45) is 0 Å². The van der Waals surface area contributed by atoms with Gasteiger partial charge in [0.05, 0.1) is 11.9 Å². The number of hydrogen-bond donors (Lipinski definition) is 0. The highest BCUT2D eigenvalue weighted by molar-refractivity contribution is 5.94. The molecule has 4 heteroatoms. The van der Waals surface area contributed by atoms with Crippen LogP contribution in [0.1, 0.15) is 19.3 Å². The van der Waals surface area contributed by atoms with E-state index < -0.39 is 0 Å². The van der Waals surface area contributed by atoms with Crippen LogP contribution >= 0.6 is 0 Å². The molecule has 0 N–H and O–H groups in total. The number of carbonyl (C=O) groups is 1. The van der Waals surface area contributed by atoms with Gasteiger partial charge >= 0.3 is 0 Å². The van der Waals surface area contributed by atoms with E-state index in [1.165, 1.54) is 6.42 Å². The van der Waals surface area contributed by atoms with Crippen LogP contribution in [0.3, 0.4) is 0 Å². The third-order valence-electron chi connectivity index (χ3n) is 4.05. The van der Waals surface area contributed by atoms with Crippen LogP contribution in [0.15, 0.2) is 24.5 Å². The molecule has 1 aromatic heterocycles. The number of anilines is 1. The van der Waals surface area contributed by atoms with Crippen LogP contribution in [-0.2, 0) is 4.79 Å². The molecule has 2 saturated heterocycles. The van der Waals surface area contributed by atoms with Crippen molar-refractivity contribution in [2.45, 2.75) is 31.3 Å². The molecule has 1 amide bonds. The zero-order valence-corrected chi connectivity index (χ0v) is 10.0. The van der Waals surface area contributed by atoms with Crippen LogP contribution in [0.25, 0.3) is 0 Å². The second-order valence-electron chi connectivity index (χ2n) is 4.97. The van der Waals surface area contributed by atoms with Gasteiger partial charge in [-0.1, -0.05) is 0 Å². The zero-order chi connectivity index (χ0) is 11.8. The van der Waals surface area contributed by atoms with Gasteiger partial charge in [0.25, 0.3) is 0 Å². The van der Waals surface area contributed by atoms with Gasteiger partial charge in [0.15, 0.2) is 0 Å². The number of hydrogen-bond acceptors (Lipinski definition) is 3. The van der Waals surface area contributed by atoms with Crippen LogP contribution in [0.5, 0.6) is 0 Å². The average molecular weight is 231 g/mol. The third kappa shape index (κ3) is 1.82. The Labute approximate surface area is 101 Å². The normalized spacial score (nSPS) is 29.5. The van der Waals surface area contributed by atoms with Crippen molar-refractivity contribution in [1.29, 1.82) is 0 Å². The minimum Gasteiger partial charge on any atom is -0.309 e. The van der Waals surface area contributed by atoms with E-state index >= 15 is 0 Å². The molecule has 0 aliphatic carbocycles. The first-order chi connectivity index (χ1) is 8.25. The van der Waals surface area contributed by atoms with Gasteiger partial charge < -0.3 is 4.90 Å². The summed E-state index contributed by atoms with van der Waals surface area (Å²) >= 11 is 0. The molecule has 0 aromatic carbocycles. The zero-order valence-electron chi connectivity index (χ0n) is 10.0. The molecule has 2 atom stereocenters. The van der Waals surface area contributed by atoms with Crippen molar-refractivity contribution < 1.29 is 4.79 Å². The third-order valence-corrected chi connectivity index (χ3v) is 4.05. The summed E-state index contributed by atoms with van der Waals surface area (Å²) in [5, 5.41) is 0. The number of pyridine rings is 1. The highest BCUT2D eigenvalue weighted by Crippen LogP contribution is 2.30. The Morgan fingerprint density at radius 3 is 2.94 bits per heavy atom. The predicted octanol–water partition coefficient (Wildman–Crippen LogP) is 1.28. The Bertz CT molecular complexity index is 420. The van der Waals surface area contributed by atoms with Crippen LogP contribution in [0.4, 0.5) is 5.69 Å². The molecule has 0 spiro atoms. The lowest BCUT2D eigenvalue weighted by Gasteiger charge is -2.25. The van der Waals surface area contributed by atoms with Crippen LogP contribution < -0.4 is 4.90 Å². The topological polar surface area (TPSA) is 36.4 Å². The minimum atomic E-state index is 0.233. The van der Waals surface area contributed by atoms with Crippen molar-refractivity contribution >= 4 is 11.6 Å². The van der Waals surface area contributed by atoms with Crippen LogP contribution in [-0.4, -0.2) is 41.5 Å². The smallest absolute Gasteiger partial charge is 0.228 e. The second kappa shape index (κ2) is 4.11. The number of fused-ring (bicyclic) bond motifs is 2. The second-order valence-corrected chi connectivity index (χ2v) is 4.97. The summed E-state index contributed by atoms with van der Waals surface area (Å²) in [7, 11) is 2.14. The number of carbonyl (C=O) groups excluding carboxylic acids is 1. The first kappa shape index (κ1) is 10.7. The molecule has 2 fully saturated rings. The summed E-state index contributed by atoms with van der Waals surface area (Å²) in [6.07, 6.45) is 6.52. The van der Waals surface area contributed by atoms with Crippen molar-refractivity contribution in [3.05, 3.63) is 24.5 Å². The number of nitrogens with zero attached hydrogens (tertiary/aromatic N) is 3. The average Bonchev–Trinajstić information content (AvgIpc) is 2.61. The first-order valence-corrected chi connectivity index (χ1v) is 6.18. The highest BCUT2D eigenvalue weighted by atomic mass is 16.2. The SMILES string of the molecule is CN1[C@@H]2CC[C@H]1CC(=O)N(c1cccnc1)C2.